The summed E-state index contributed by atoms with van der Waals surface area (Å²) < 4.78 is 5.93. The number of esters is 1. The van der Waals surface area contributed by atoms with Gasteiger partial charge in [0.05, 0.1) is 16.2 Å². The van der Waals surface area contributed by atoms with Gasteiger partial charge in [-0.05, 0) is 60.8 Å². The fourth-order valence-electron chi connectivity index (χ4n) is 5.57. The van der Waals surface area contributed by atoms with Crippen molar-refractivity contribution in [2.75, 3.05) is 39.8 Å². The van der Waals surface area contributed by atoms with Crippen molar-refractivity contribution in [1.82, 2.24) is 9.80 Å². The number of hydrogen-bond donors (Lipinski definition) is 1. The first-order valence-electron chi connectivity index (χ1n) is 12.5. The molecule has 6 heteroatoms. The van der Waals surface area contributed by atoms with Gasteiger partial charge in [-0.1, -0.05) is 60.1 Å². The van der Waals surface area contributed by atoms with Gasteiger partial charge < -0.3 is 19.6 Å². The number of hydrogen-bond acceptors (Lipinski definition) is 5. The first-order chi connectivity index (χ1) is 16.9. The Morgan fingerprint density at radius 1 is 1.03 bits per heavy atom. The summed E-state index contributed by atoms with van der Waals surface area (Å²) in [5.74, 6) is -0.444. The van der Waals surface area contributed by atoms with Crippen LogP contribution in [0.5, 0.6) is 0 Å². The Morgan fingerprint density at radius 2 is 1.74 bits per heavy atom. The summed E-state index contributed by atoms with van der Waals surface area (Å²) in [5.41, 5.74) is 0.368. The zero-order valence-electron chi connectivity index (χ0n) is 20.2. The number of carbonyl (C=O) groups is 1. The summed E-state index contributed by atoms with van der Waals surface area (Å²) in [7, 11) is 2.15. The van der Waals surface area contributed by atoms with E-state index in [1.807, 2.05) is 12.1 Å². The Morgan fingerprint density at radius 3 is 2.51 bits per heavy atom. The quantitative estimate of drug-likeness (QED) is 0.510. The third kappa shape index (κ3) is 5.24. The highest BCUT2D eigenvalue weighted by Crippen LogP contribution is 2.44. The molecule has 5 rings (SSSR count). The number of halogens is 1. The molecule has 3 aromatic rings. The van der Waals surface area contributed by atoms with E-state index >= 15 is 0 Å². The van der Waals surface area contributed by atoms with E-state index in [1.165, 1.54) is 0 Å². The lowest BCUT2D eigenvalue weighted by molar-refractivity contribution is -0.100. The second kappa shape index (κ2) is 10.3. The average molecular weight is 493 g/mol. The summed E-state index contributed by atoms with van der Waals surface area (Å²) in [6.45, 7) is 4.77. The second-order valence-corrected chi connectivity index (χ2v) is 10.5. The molecule has 0 bridgehead atoms. The number of aliphatic hydroxyl groups is 1. The molecule has 0 amide bonds. The summed E-state index contributed by atoms with van der Waals surface area (Å²) in [6, 6.07) is 21.5. The number of nitrogens with zero attached hydrogens (tertiary/aromatic N) is 2. The van der Waals surface area contributed by atoms with Crippen molar-refractivity contribution in [3.63, 3.8) is 0 Å². The van der Waals surface area contributed by atoms with E-state index in [2.05, 4.69) is 47.2 Å². The maximum absolute atomic E-state index is 12.9. The molecule has 184 valence electrons. The highest BCUT2D eigenvalue weighted by molar-refractivity contribution is 6.33. The van der Waals surface area contributed by atoms with Crippen LogP contribution in [0, 0.1) is 5.92 Å². The maximum Gasteiger partial charge on any atom is 0.339 e. The molecule has 0 aromatic heterocycles. The van der Waals surface area contributed by atoms with Crippen LogP contribution < -0.4 is 0 Å². The molecule has 1 saturated heterocycles. The van der Waals surface area contributed by atoms with E-state index < -0.39 is 11.6 Å². The van der Waals surface area contributed by atoms with Gasteiger partial charge in [-0.3, -0.25) is 0 Å². The van der Waals surface area contributed by atoms with E-state index in [1.54, 1.807) is 24.3 Å². The van der Waals surface area contributed by atoms with E-state index in [-0.39, 0.29) is 12.0 Å². The van der Waals surface area contributed by atoms with Crippen molar-refractivity contribution >= 4 is 28.3 Å². The predicted octanol–water partition coefficient (Wildman–Crippen LogP) is 4.95. The zero-order valence-corrected chi connectivity index (χ0v) is 21.0. The van der Waals surface area contributed by atoms with Crippen LogP contribution in [0.15, 0.2) is 66.7 Å². The number of carbonyl (C=O) groups excluding carboxylic acids is 1. The Balaban J connectivity index is 1.39. The van der Waals surface area contributed by atoms with Crippen LogP contribution in [-0.4, -0.2) is 66.8 Å². The van der Waals surface area contributed by atoms with Crippen molar-refractivity contribution in [3.8, 4) is 0 Å². The molecule has 3 unspecified atom stereocenters. The number of rotatable bonds is 5. The van der Waals surface area contributed by atoms with E-state index in [4.69, 9.17) is 16.3 Å². The Kier molecular flexibility index (Phi) is 7.12. The fourth-order valence-corrected chi connectivity index (χ4v) is 5.78. The third-order valence-electron chi connectivity index (χ3n) is 7.76. The molecular weight excluding hydrogens is 460 g/mol. The molecule has 3 aromatic carbocycles. The van der Waals surface area contributed by atoms with Crippen LogP contribution in [-0.2, 0) is 10.3 Å². The molecule has 1 heterocycles. The maximum atomic E-state index is 12.9. The van der Waals surface area contributed by atoms with Gasteiger partial charge in [0.15, 0.2) is 0 Å². The van der Waals surface area contributed by atoms with Crippen LogP contribution in [0.2, 0.25) is 5.02 Å². The van der Waals surface area contributed by atoms with Gasteiger partial charge in [0.2, 0.25) is 0 Å². The number of likely N-dealkylation sites (N-methyl/N-ethyl adjacent to an activating group) is 1. The molecular formula is C29H33ClN2O3. The first kappa shape index (κ1) is 24.3. The zero-order chi connectivity index (χ0) is 24.4. The summed E-state index contributed by atoms with van der Waals surface area (Å²) >= 11 is 6.23. The second-order valence-electron chi connectivity index (χ2n) is 10.1. The molecule has 35 heavy (non-hydrogen) atoms. The lowest BCUT2D eigenvalue weighted by Crippen LogP contribution is -2.52. The lowest BCUT2D eigenvalue weighted by Gasteiger charge is -2.46. The van der Waals surface area contributed by atoms with Gasteiger partial charge in [0, 0.05) is 38.6 Å². The summed E-state index contributed by atoms with van der Waals surface area (Å²) in [4.78, 5) is 17.6. The predicted molar refractivity (Wildman–Crippen MR) is 140 cm³/mol. The van der Waals surface area contributed by atoms with Gasteiger partial charge in [0.25, 0.3) is 0 Å². The number of piperazine rings is 1. The van der Waals surface area contributed by atoms with Gasteiger partial charge >= 0.3 is 5.97 Å². The molecule has 1 N–H and O–H groups in total. The summed E-state index contributed by atoms with van der Waals surface area (Å²) in [6.07, 6.45) is 1.52. The SMILES string of the molecule is CN1CCN(CC2CC(OC(=O)c3ccccc3Cl)CCC2(O)c2ccc3ccccc3c2)CC1. The minimum atomic E-state index is -0.972. The third-order valence-corrected chi connectivity index (χ3v) is 8.09. The molecule has 3 atom stereocenters. The summed E-state index contributed by atoms with van der Waals surface area (Å²) in [5, 5.41) is 14.9. The topological polar surface area (TPSA) is 53.0 Å². The molecule has 0 spiro atoms. The highest BCUT2D eigenvalue weighted by atomic mass is 35.5. The number of ether oxygens (including phenoxy) is 1. The monoisotopic (exact) mass is 492 g/mol. The smallest absolute Gasteiger partial charge is 0.339 e. The number of benzene rings is 3. The van der Waals surface area contributed by atoms with Crippen LogP contribution in [0.3, 0.4) is 0 Å². The average Bonchev–Trinajstić information content (AvgIpc) is 2.87. The van der Waals surface area contributed by atoms with Gasteiger partial charge in [-0.25, -0.2) is 4.79 Å². The number of fused-ring (bicyclic) bond motifs is 1. The lowest BCUT2D eigenvalue weighted by atomic mass is 9.70. The van der Waals surface area contributed by atoms with Crippen molar-refractivity contribution in [2.45, 2.75) is 31.0 Å². The highest BCUT2D eigenvalue weighted by Gasteiger charge is 2.45. The van der Waals surface area contributed by atoms with Gasteiger partial charge in [0.1, 0.15) is 6.10 Å². The van der Waals surface area contributed by atoms with Crippen molar-refractivity contribution in [1.29, 1.82) is 0 Å². The van der Waals surface area contributed by atoms with Crippen LogP contribution in [0.1, 0.15) is 35.2 Å². The Hall–Kier alpha value is -2.44. The Labute approximate surface area is 212 Å². The van der Waals surface area contributed by atoms with E-state index in [0.717, 1.165) is 49.1 Å². The fraction of sp³-hybridized carbons (Fsp3) is 0.414. The minimum Gasteiger partial charge on any atom is -0.459 e. The normalized spacial score (nSPS) is 26.0. The standard InChI is InChI=1S/C29H33ClN2O3/c1-31-14-16-32(17-15-31)20-24-19-25(35-28(33)26-8-4-5-9-27(26)30)12-13-29(24,34)23-11-10-21-6-2-3-7-22(21)18-23/h2-11,18,24-25,34H,12-17,19-20H2,1H3. The molecule has 5 nitrogen and oxygen atoms in total. The van der Waals surface area contributed by atoms with Crippen molar-refractivity contribution in [3.05, 3.63) is 82.9 Å². The van der Waals surface area contributed by atoms with E-state index in [0.29, 0.717) is 29.8 Å². The van der Waals surface area contributed by atoms with Gasteiger partial charge in [-0.15, -0.1) is 0 Å². The Bertz CT molecular complexity index is 1190. The van der Waals surface area contributed by atoms with Gasteiger partial charge in [-0.2, -0.15) is 0 Å². The molecule has 2 fully saturated rings. The van der Waals surface area contributed by atoms with E-state index in [9.17, 15) is 9.90 Å². The largest absolute Gasteiger partial charge is 0.459 e. The van der Waals surface area contributed by atoms with Crippen LogP contribution in [0.25, 0.3) is 10.8 Å². The van der Waals surface area contributed by atoms with Crippen molar-refractivity contribution in [2.24, 2.45) is 5.92 Å². The molecule has 1 aliphatic carbocycles. The molecule has 0 radical (unpaired) electrons. The first-order valence-corrected chi connectivity index (χ1v) is 12.9. The van der Waals surface area contributed by atoms with Crippen LogP contribution >= 0.6 is 11.6 Å². The minimum absolute atomic E-state index is 0.0511. The van der Waals surface area contributed by atoms with Crippen molar-refractivity contribution < 1.29 is 14.6 Å². The van der Waals surface area contributed by atoms with Crippen LogP contribution in [0.4, 0.5) is 0 Å². The molecule has 1 aliphatic heterocycles. The molecule has 1 saturated carbocycles. The molecule has 2 aliphatic rings.